The number of esters is 1. The summed E-state index contributed by atoms with van der Waals surface area (Å²) in [6, 6.07) is 0. The van der Waals surface area contributed by atoms with E-state index < -0.39 is 0 Å². The number of hydrogen-bond acceptors (Lipinski definition) is 3. The van der Waals surface area contributed by atoms with E-state index in [0.29, 0.717) is 13.0 Å². The highest BCUT2D eigenvalue weighted by molar-refractivity contribution is 5.85. The molecular weight excluding hydrogens is 298 g/mol. The molecule has 0 bridgehead atoms. The maximum atomic E-state index is 11.5. The van der Waals surface area contributed by atoms with Crippen LogP contribution in [0.2, 0.25) is 0 Å². The van der Waals surface area contributed by atoms with Crippen molar-refractivity contribution in [2.75, 3.05) is 13.2 Å². The summed E-state index contributed by atoms with van der Waals surface area (Å²) in [6.45, 7) is 3.63. The molecule has 0 rings (SSSR count). The molecule has 22 heavy (non-hydrogen) atoms. The van der Waals surface area contributed by atoms with Gasteiger partial charge in [0.1, 0.15) is 0 Å². The molecule has 0 unspecified atom stereocenters. The molecule has 0 heterocycles. The number of hydrogen-bond donors (Lipinski definition) is 1. The van der Waals surface area contributed by atoms with Gasteiger partial charge in [-0.25, -0.2) is 0 Å². The quantitative estimate of drug-likeness (QED) is 0.304. The first-order valence-corrected chi connectivity index (χ1v) is 9.17. The monoisotopic (exact) mass is 335 g/mol. The third kappa shape index (κ3) is 19.7. The lowest BCUT2D eigenvalue weighted by molar-refractivity contribution is -0.143. The Kier molecular flexibility index (Phi) is 22.6. The fraction of sp³-hybridized carbons (Fsp3) is 0.944. The summed E-state index contributed by atoms with van der Waals surface area (Å²) >= 11 is 0. The average molecular weight is 336 g/mol. The van der Waals surface area contributed by atoms with Crippen LogP contribution in [-0.2, 0) is 9.53 Å². The van der Waals surface area contributed by atoms with Gasteiger partial charge < -0.3 is 10.5 Å². The molecule has 0 aromatic heterocycles. The van der Waals surface area contributed by atoms with Gasteiger partial charge in [-0.05, 0) is 25.8 Å². The van der Waals surface area contributed by atoms with E-state index in [1.807, 2.05) is 0 Å². The molecule has 0 radical (unpaired) electrons. The lowest BCUT2D eigenvalue weighted by Crippen LogP contribution is -2.05. The Morgan fingerprint density at radius 2 is 1.27 bits per heavy atom. The molecular formula is C18H38ClNO2. The van der Waals surface area contributed by atoms with Gasteiger partial charge in [-0.3, -0.25) is 4.79 Å². The standard InChI is InChI=1S/C18H37NO2.ClH/c1-2-3-4-14-17-21-18(20)15-12-10-8-6-5-7-9-11-13-16-19;/h2-17,19H2,1H3;1H. The normalized spacial score (nSPS) is 10.3. The largest absolute Gasteiger partial charge is 0.466 e. The van der Waals surface area contributed by atoms with E-state index in [0.717, 1.165) is 25.8 Å². The minimum atomic E-state index is -0.00622. The molecule has 0 saturated carbocycles. The van der Waals surface area contributed by atoms with Crippen LogP contribution in [0.5, 0.6) is 0 Å². The zero-order valence-electron chi connectivity index (χ0n) is 14.6. The summed E-state index contributed by atoms with van der Waals surface area (Å²) in [6.07, 6.45) is 16.4. The fourth-order valence-electron chi connectivity index (χ4n) is 2.44. The lowest BCUT2D eigenvalue weighted by Gasteiger charge is -2.05. The molecule has 4 heteroatoms. The topological polar surface area (TPSA) is 52.3 Å². The first-order chi connectivity index (χ1) is 10.3. The Morgan fingerprint density at radius 1 is 0.773 bits per heavy atom. The van der Waals surface area contributed by atoms with Crippen LogP contribution < -0.4 is 5.73 Å². The molecule has 134 valence electrons. The zero-order chi connectivity index (χ0) is 15.6. The van der Waals surface area contributed by atoms with Crippen molar-refractivity contribution < 1.29 is 9.53 Å². The van der Waals surface area contributed by atoms with Gasteiger partial charge in [0.25, 0.3) is 0 Å². The molecule has 0 aliphatic heterocycles. The van der Waals surface area contributed by atoms with Gasteiger partial charge in [0.15, 0.2) is 0 Å². The van der Waals surface area contributed by atoms with Crippen LogP contribution in [0.1, 0.15) is 96.8 Å². The summed E-state index contributed by atoms with van der Waals surface area (Å²) < 4.78 is 5.22. The summed E-state index contributed by atoms with van der Waals surface area (Å²) in [4.78, 5) is 11.5. The van der Waals surface area contributed by atoms with Gasteiger partial charge in [0, 0.05) is 6.42 Å². The average Bonchev–Trinajstić information content (AvgIpc) is 2.49. The summed E-state index contributed by atoms with van der Waals surface area (Å²) in [7, 11) is 0. The maximum absolute atomic E-state index is 11.5. The Morgan fingerprint density at radius 3 is 1.82 bits per heavy atom. The first kappa shape index (κ1) is 24.0. The van der Waals surface area contributed by atoms with Crippen molar-refractivity contribution in [3.8, 4) is 0 Å². The highest BCUT2D eigenvalue weighted by Crippen LogP contribution is 2.10. The second kappa shape index (κ2) is 20.7. The van der Waals surface area contributed by atoms with Gasteiger partial charge in [-0.1, -0.05) is 71.1 Å². The first-order valence-electron chi connectivity index (χ1n) is 9.17. The van der Waals surface area contributed by atoms with Crippen LogP contribution in [0.4, 0.5) is 0 Å². The van der Waals surface area contributed by atoms with Crippen molar-refractivity contribution >= 4 is 18.4 Å². The summed E-state index contributed by atoms with van der Waals surface area (Å²) in [5.74, 6) is -0.00622. The molecule has 0 atom stereocenters. The van der Waals surface area contributed by atoms with Gasteiger partial charge in [-0.2, -0.15) is 0 Å². The van der Waals surface area contributed by atoms with E-state index in [-0.39, 0.29) is 18.4 Å². The number of carbonyl (C=O) groups excluding carboxylic acids is 1. The second-order valence-electron chi connectivity index (χ2n) is 6.00. The molecule has 0 saturated heterocycles. The van der Waals surface area contributed by atoms with E-state index in [1.54, 1.807) is 0 Å². The number of unbranched alkanes of at least 4 members (excludes halogenated alkanes) is 11. The Labute approximate surface area is 144 Å². The van der Waals surface area contributed by atoms with Crippen molar-refractivity contribution in [1.82, 2.24) is 0 Å². The van der Waals surface area contributed by atoms with Crippen molar-refractivity contribution in [1.29, 1.82) is 0 Å². The van der Waals surface area contributed by atoms with E-state index in [9.17, 15) is 4.79 Å². The molecule has 0 aromatic rings. The predicted molar refractivity (Wildman–Crippen MR) is 97.6 cm³/mol. The van der Waals surface area contributed by atoms with Crippen LogP contribution in [0, 0.1) is 0 Å². The van der Waals surface area contributed by atoms with E-state index in [2.05, 4.69) is 6.92 Å². The predicted octanol–water partition coefficient (Wildman–Crippen LogP) is 5.39. The molecule has 0 aliphatic rings. The van der Waals surface area contributed by atoms with Crippen LogP contribution >= 0.6 is 12.4 Å². The summed E-state index contributed by atoms with van der Waals surface area (Å²) in [5.41, 5.74) is 5.46. The van der Waals surface area contributed by atoms with Crippen molar-refractivity contribution in [2.45, 2.75) is 96.8 Å². The molecule has 0 aromatic carbocycles. The van der Waals surface area contributed by atoms with Crippen molar-refractivity contribution in [3.05, 3.63) is 0 Å². The van der Waals surface area contributed by atoms with Gasteiger partial charge in [-0.15, -0.1) is 12.4 Å². The number of halogens is 1. The van der Waals surface area contributed by atoms with E-state index >= 15 is 0 Å². The molecule has 0 amide bonds. The Hall–Kier alpha value is -0.280. The molecule has 0 aliphatic carbocycles. The van der Waals surface area contributed by atoms with E-state index in [1.165, 1.54) is 64.2 Å². The Balaban J connectivity index is 0. The van der Waals surface area contributed by atoms with Crippen molar-refractivity contribution in [2.24, 2.45) is 5.73 Å². The van der Waals surface area contributed by atoms with Crippen molar-refractivity contribution in [3.63, 3.8) is 0 Å². The zero-order valence-corrected chi connectivity index (χ0v) is 15.4. The molecule has 2 N–H and O–H groups in total. The highest BCUT2D eigenvalue weighted by atomic mass is 35.5. The van der Waals surface area contributed by atoms with Crippen LogP contribution in [0.25, 0.3) is 0 Å². The molecule has 3 nitrogen and oxygen atoms in total. The van der Waals surface area contributed by atoms with Crippen LogP contribution in [0.3, 0.4) is 0 Å². The molecule has 0 fully saturated rings. The number of rotatable bonds is 16. The molecule has 0 spiro atoms. The minimum absolute atomic E-state index is 0. The third-order valence-electron chi connectivity index (χ3n) is 3.85. The van der Waals surface area contributed by atoms with Crippen LogP contribution in [-0.4, -0.2) is 19.1 Å². The Bertz CT molecular complexity index is 225. The van der Waals surface area contributed by atoms with Gasteiger partial charge in [0.05, 0.1) is 6.61 Å². The second-order valence-corrected chi connectivity index (χ2v) is 6.00. The van der Waals surface area contributed by atoms with Gasteiger partial charge in [0.2, 0.25) is 0 Å². The number of nitrogens with two attached hydrogens (primary N) is 1. The maximum Gasteiger partial charge on any atom is 0.305 e. The fourth-order valence-corrected chi connectivity index (χ4v) is 2.44. The van der Waals surface area contributed by atoms with E-state index in [4.69, 9.17) is 10.5 Å². The van der Waals surface area contributed by atoms with Gasteiger partial charge >= 0.3 is 5.97 Å². The minimum Gasteiger partial charge on any atom is -0.466 e. The highest BCUT2D eigenvalue weighted by Gasteiger charge is 2.02. The summed E-state index contributed by atoms with van der Waals surface area (Å²) in [5, 5.41) is 0. The number of ether oxygens (including phenoxy) is 1. The van der Waals surface area contributed by atoms with Crippen LogP contribution in [0.15, 0.2) is 0 Å². The lowest BCUT2D eigenvalue weighted by atomic mass is 10.1. The number of carbonyl (C=O) groups is 1. The SMILES string of the molecule is CCCCCCOC(=O)CCCCCCCCCCCN.Cl. The smallest absolute Gasteiger partial charge is 0.305 e. The third-order valence-corrected chi connectivity index (χ3v) is 3.85.